The monoisotopic (exact) mass is 264 g/mol. The van der Waals surface area contributed by atoms with Gasteiger partial charge in [-0.25, -0.2) is 4.98 Å². The molecule has 5 nitrogen and oxygen atoms in total. The van der Waals surface area contributed by atoms with Crippen molar-refractivity contribution < 1.29 is 0 Å². The molecule has 2 aromatic rings. The Kier molecular flexibility index (Phi) is 3.76. The van der Waals surface area contributed by atoms with Crippen molar-refractivity contribution in [2.24, 2.45) is 0 Å². The zero-order chi connectivity index (χ0) is 13.1. The number of nitrogens with one attached hydrogen (secondary N) is 2. The molecule has 0 saturated heterocycles. The number of thioether (sulfide) groups is 1. The number of hydrogen-bond donors (Lipinski definition) is 3. The van der Waals surface area contributed by atoms with Gasteiger partial charge in [0.2, 0.25) is 5.95 Å². The van der Waals surface area contributed by atoms with Gasteiger partial charge in [0.1, 0.15) is 0 Å². The minimum Gasteiger partial charge on any atom is -0.399 e. The predicted molar refractivity (Wildman–Crippen MR) is 78.2 cm³/mol. The second-order valence-electron chi connectivity index (χ2n) is 4.12. The van der Waals surface area contributed by atoms with Gasteiger partial charge in [-0.05, 0) is 24.5 Å². The van der Waals surface area contributed by atoms with Crippen LogP contribution in [0.3, 0.4) is 0 Å². The van der Waals surface area contributed by atoms with Crippen LogP contribution in [-0.4, -0.2) is 28.0 Å². The Bertz CT molecular complexity index is 611. The summed E-state index contributed by atoms with van der Waals surface area (Å²) in [6.07, 6.45) is 2.05. The Morgan fingerprint density at radius 1 is 1.56 bits per heavy atom. The van der Waals surface area contributed by atoms with Crippen molar-refractivity contribution in [2.45, 2.75) is 12.2 Å². The number of nitrogens with two attached hydrogens (primary N) is 1. The summed E-state index contributed by atoms with van der Waals surface area (Å²) in [5, 5.41) is 4.09. The van der Waals surface area contributed by atoms with E-state index in [4.69, 9.17) is 5.73 Å². The van der Waals surface area contributed by atoms with E-state index in [1.807, 2.05) is 6.26 Å². The summed E-state index contributed by atoms with van der Waals surface area (Å²) in [7, 11) is 0. The molecule has 1 atom stereocenters. The lowest BCUT2D eigenvalue weighted by Crippen LogP contribution is -2.18. The molecule has 2 rings (SSSR count). The fraction of sp³-hybridized carbons (Fsp3) is 0.333. The van der Waals surface area contributed by atoms with Crippen LogP contribution in [0.15, 0.2) is 23.0 Å². The smallest absolute Gasteiger partial charge is 0.260 e. The van der Waals surface area contributed by atoms with E-state index in [-0.39, 0.29) is 5.56 Å². The highest BCUT2D eigenvalue weighted by molar-refractivity contribution is 7.99. The van der Waals surface area contributed by atoms with Gasteiger partial charge < -0.3 is 11.1 Å². The third-order valence-corrected chi connectivity index (χ3v) is 3.66. The number of nitrogens with zero attached hydrogens (tertiary/aromatic N) is 1. The van der Waals surface area contributed by atoms with E-state index in [1.165, 1.54) is 0 Å². The summed E-state index contributed by atoms with van der Waals surface area (Å²) in [5.74, 6) is 0.498. The molecule has 0 bridgehead atoms. The van der Waals surface area contributed by atoms with E-state index in [9.17, 15) is 4.79 Å². The van der Waals surface area contributed by atoms with Crippen molar-refractivity contribution in [3.63, 3.8) is 0 Å². The lowest BCUT2D eigenvalue weighted by molar-refractivity contribution is 0.973. The lowest BCUT2D eigenvalue weighted by Gasteiger charge is -2.10. The van der Waals surface area contributed by atoms with E-state index >= 15 is 0 Å². The molecule has 0 aliphatic carbocycles. The number of H-pyrrole nitrogens is 1. The topological polar surface area (TPSA) is 83.8 Å². The van der Waals surface area contributed by atoms with Gasteiger partial charge in [0.25, 0.3) is 5.56 Å². The third kappa shape index (κ3) is 2.76. The van der Waals surface area contributed by atoms with E-state index in [2.05, 4.69) is 22.2 Å². The van der Waals surface area contributed by atoms with E-state index < -0.39 is 0 Å². The normalized spacial score (nSPS) is 12.6. The zero-order valence-corrected chi connectivity index (χ0v) is 11.2. The molecule has 18 heavy (non-hydrogen) atoms. The molecule has 0 aliphatic rings. The maximum atomic E-state index is 11.9. The molecule has 1 heterocycles. The average Bonchev–Trinajstić information content (AvgIpc) is 2.37. The molecule has 0 saturated carbocycles. The lowest BCUT2D eigenvalue weighted by atomic mass is 10.2. The van der Waals surface area contributed by atoms with Crippen LogP contribution >= 0.6 is 11.8 Å². The Balaban J connectivity index is 2.32. The van der Waals surface area contributed by atoms with Crippen molar-refractivity contribution in [1.29, 1.82) is 0 Å². The number of rotatable bonds is 4. The van der Waals surface area contributed by atoms with Gasteiger partial charge in [-0.15, -0.1) is 0 Å². The Hall–Kier alpha value is -1.69. The first-order valence-electron chi connectivity index (χ1n) is 5.66. The molecule has 0 aliphatic heterocycles. The fourth-order valence-electron chi connectivity index (χ4n) is 1.56. The van der Waals surface area contributed by atoms with Crippen LogP contribution in [0.2, 0.25) is 0 Å². The number of aromatic amines is 1. The molecule has 6 heteroatoms. The Labute approximate surface area is 109 Å². The zero-order valence-electron chi connectivity index (χ0n) is 10.4. The molecule has 0 amide bonds. The number of hydrogen-bond acceptors (Lipinski definition) is 5. The Morgan fingerprint density at radius 3 is 3.06 bits per heavy atom. The summed E-state index contributed by atoms with van der Waals surface area (Å²) in [6.45, 7) is 2.86. The van der Waals surface area contributed by atoms with E-state index in [0.29, 0.717) is 27.8 Å². The van der Waals surface area contributed by atoms with Gasteiger partial charge in [0.15, 0.2) is 0 Å². The van der Waals surface area contributed by atoms with Crippen molar-refractivity contribution in [3.8, 4) is 0 Å². The molecule has 1 aromatic heterocycles. The van der Waals surface area contributed by atoms with Crippen LogP contribution in [0.25, 0.3) is 10.9 Å². The molecular formula is C12H16N4OS. The van der Waals surface area contributed by atoms with Crippen molar-refractivity contribution in [3.05, 3.63) is 28.6 Å². The first-order valence-corrected chi connectivity index (χ1v) is 6.95. The second-order valence-corrected chi connectivity index (χ2v) is 5.39. The second kappa shape index (κ2) is 5.30. The first-order chi connectivity index (χ1) is 8.60. The molecule has 0 spiro atoms. The highest BCUT2D eigenvalue weighted by Gasteiger charge is 2.05. The number of anilines is 2. The first kappa shape index (κ1) is 12.8. The molecule has 1 unspecified atom stereocenters. The molecular weight excluding hydrogens is 248 g/mol. The van der Waals surface area contributed by atoms with Crippen molar-refractivity contribution in [1.82, 2.24) is 9.97 Å². The quantitative estimate of drug-likeness (QED) is 0.732. The minimum atomic E-state index is -0.174. The molecule has 0 fully saturated rings. The summed E-state index contributed by atoms with van der Waals surface area (Å²) < 4.78 is 0. The number of fused-ring (bicyclic) bond motifs is 1. The Morgan fingerprint density at radius 2 is 2.33 bits per heavy atom. The summed E-state index contributed by atoms with van der Waals surface area (Å²) >= 11 is 1.75. The predicted octanol–water partition coefficient (Wildman–Crippen LogP) is 1.67. The summed E-state index contributed by atoms with van der Waals surface area (Å²) in [4.78, 5) is 18.9. The van der Waals surface area contributed by atoms with Gasteiger partial charge in [0, 0.05) is 17.5 Å². The van der Waals surface area contributed by atoms with Gasteiger partial charge in [-0.2, -0.15) is 11.8 Å². The van der Waals surface area contributed by atoms with Crippen LogP contribution in [-0.2, 0) is 0 Å². The highest BCUT2D eigenvalue weighted by atomic mass is 32.2. The summed E-state index contributed by atoms with van der Waals surface area (Å²) in [5.41, 5.74) is 6.68. The van der Waals surface area contributed by atoms with Crippen LogP contribution in [0.4, 0.5) is 11.6 Å². The highest BCUT2D eigenvalue weighted by Crippen LogP contribution is 2.13. The fourth-order valence-corrected chi connectivity index (χ4v) is 1.81. The van der Waals surface area contributed by atoms with Crippen LogP contribution < -0.4 is 16.6 Å². The average molecular weight is 264 g/mol. The standard InChI is InChI=1S/C12H16N4OS/c1-7(18-2)6-14-12-15-10-4-3-8(13)5-9(10)11(17)16-12/h3-5,7H,6,13H2,1-2H3,(H2,14,15,16,17). The maximum absolute atomic E-state index is 11.9. The molecule has 96 valence electrons. The number of aromatic nitrogens is 2. The van der Waals surface area contributed by atoms with E-state index in [1.54, 1.807) is 30.0 Å². The van der Waals surface area contributed by atoms with Crippen molar-refractivity contribution >= 4 is 34.3 Å². The largest absolute Gasteiger partial charge is 0.399 e. The third-order valence-electron chi connectivity index (χ3n) is 2.69. The molecule has 0 radical (unpaired) electrons. The SMILES string of the molecule is CSC(C)CNc1nc2ccc(N)cc2c(=O)[nH]1. The molecule has 1 aromatic carbocycles. The van der Waals surface area contributed by atoms with Gasteiger partial charge in [-0.1, -0.05) is 6.92 Å². The maximum Gasteiger partial charge on any atom is 0.260 e. The van der Waals surface area contributed by atoms with Gasteiger partial charge in [0.05, 0.1) is 10.9 Å². The van der Waals surface area contributed by atoms with Gasteiger partial charge >= 0.3 is 0 Å². The molecule has 4 N–H and O–H groups in total. The van der Waals surface area contributed by atoms with Crippen LogP contribution in [0, 0.1) is 0 Å². The van der Waals surface area contributed by atoms with Crippen LogP contribution in [0.1, 0.15) is 6.92 Å². The van der Waals surface area contributed by atoms with Crippen LogP contribution in [0.5, 0.6) is 0 Å². The van der Waals surface area contributed by atoms with Gasteiger partial charge in [-0.3, -0.25) is 9.78 Å². The number of benzene rings is 1. The van der Waals surface area contributed by atoms with E-state index in [0.717, 1.165) is 6.54 Å². The number of nitrogen functional groups attached to an aromatic ring is 1. The summed E-state index contributed by atoms with van der Waals surface area (Å²) in [6, 6.07) is 5.13. The van der Waals surface area contributed by atoms with Crippen molar-refractivity contribution in [2.75, 3.05) is 23.9 Å². The minimum absolute atomic E-state index is 0.174.